The minimum Gasteiger partial charge on any atom is -0.491 e. The number of nitrogens with zero attached hydrogens (tertiary/aromatic N) is 2. The molecule has 0 saturated carbocycles. The molecule has 178 valence electrons. The Kier molecular flexibility index (Phi) is 7.43. The summed E-state index contributed by atoms with van der Waals surface area (Å²) in [4.78, 5) is 16.6. The second kappa shape index (κ2) is 10.5. The third-order valence-electron chi connectivity index (χ3n) is 6.09. The van der Waals surface area contributed by atoms with E-state index in [9.17, 15) is 4.79 Å². The predicted molar refractivity (Wildman–Crippen MR) is 130 cm³/mol. The lowest BCUT2D eigenvalue weighted by atomic mass is 10.0. The molecule has 6 heteroatoms. The van der Waals surface area contributed by atoms with Gasteiger partial charge in [-0.05, 0) is 75.4 Å². The van der Waals surface area contributed by atoms with Crippen molar-refractivity contribution in [1.82, 2.24) is 4.90 Å². The van der Waals surface area contributed by atoms with E-state index < -0.39 is 5.60 Å². The van der Waals surface area contributed by atoms with Crippen LogP contribution >= 0.6 is 0 Å². The zero-order valence-corrected chi connectivity index (χ0v) is 20.1. The number of morpholine rings is 1. The molecule has 2 heterocycles. The first-order valence-electron chi connectivity index (χ1n) is 12.0. The molecule has 1 atom stereocenters. The van der Waals surface area contributed by atoms with E-state index in [-0.39, 0.29) is 12.1 Å². The van der Waals surface area contributed by atoms with Crippen LogP contribution in [0.4, 0.5) is 10.5 Å². The van der Waals surface area contributed by atoms with Crippen molar-refractivity contribution < 1.29 is 19.0 Å². The van der Waals surface area contributed by atoms with Crippen LogP contribution < -0.4 is 9.64 Å². The normalized spacial score (nSPS) is 18.9. The Bertz CT molecular complexity index is 899. The van der Waals surface area contributed by atoms with Crippen LogP contribution in [0.2, 0.25) is 0 Å². The van der Waals surface area contributed by atoms with Gasteiger partial charge < -0.3 is 24.0 Å². The third-order valence-corrected chi connectivity index (χ3v) is 6.09. The zero-order valence-electron chi connectivity index (χ0n) is 20.1. The van der Waals surface area contributed by atoms with Gasteiger partial charge in [0, 0.05) is 25.3 Å². The smallest absolute Gasteiger partial charge is 0.410 e. The van der Waals surface area contributed by atoms with Crippen LogP contribution in [0.25, 0.3) is 0 Å². The van der Waals surface area contributed by atoms with Crippen molar-refractivity contribution in [2.75, 3.05) is 44.4 Å². The topological polar surface area (TPSA) is 51.2 Å². The number of ether oxygens (including phenoxy) is 3. The number of carbonyl (C=O) groups is 1. The van der Waals surface area contributed by atoms with Gasteiger partial charge in [-0.15, -0.1) is 0 Å². The first-order valence-corrected chi connectivity index (χ1v) is 12.0. The van der Waals surface area contributed by atoms with Crippen molar-refractivity contribution in [3.63, 3.8) is 0 Å². The maximum absolute atomic E-state index is 12.5. The van der Waals surface area contributed by atoms with Crippen molar-refractivity contribution in [3.05, 3.63) is 59.7 Å². The summed E-state index contributed by atoms with van der Waals surface area (Å²) >= 11 is 0. The predicted octanol–water partition coefficient (Wildman–Crippen LogP) is 4.89. The Labute approximate surface area is 197 Å². The highest BCUT2D eigenvalue weighted by molar-refractivity contribution is 5.69. The van der Waals surface area contributed by atoms with Gasteiger partial charge in [0.25, 0.3) is 0 Å². The van der Waals surface area contributed by atoms with Gasteiger partial charge in [-0.2, -0.15) is 0 Å². The molecule has 0 aliphatic carbocycles. The molecule has 6 nitrogen and oxygen atoms in total. The molecular formula is C27H36N2O4. The maximum Gasteiger partial charge on any atom is 0.410 e. The molecule has 2 aliphatic rings. The minimum atomic E-state index is -0.482. The van der Waals surface area contributed by atoms with Crippen molar-refractivity contribution >= 4 is 11.8 Å². The SMILES string of the molecule is CC(C)(C)OC(=O)N1CCC[C@H]1COc1ccc(Cc2ccc(N3CCOCC3)cc2)cc1. The Hall–Kier alpha value is -2.73. The monoisotopic (exact) mass is 452 g/mol. The molecule has 1 amide bonds. The van der Waals surface area contributed by atoms with E-state index in [1.165, 1.54) is 16.8 Å². The summed E-state index contributed by atoms with van der Waals surface area (Å²) in [5.41, 5.74) is 3.32. The van der Waals surface area contributed by atoms with E-state index in [0.717, 1.165) is 57.9 Å². The minimum absolute atomic E-state index is 0.0597. The summed E-state index contributed by atoms with van der Waals surface area (Å²) in [7, 11) is 0. The average molecular weight is 453 g/mol. The van der Waals surface area contributed by atoms with Gasteiger partial charge in [0.1, 0.15) is 18.0 Å². The van der Waals surface area contributed by atoms with Crippen molar-refractivity contribution in [1.29, 1.82) is 0 Å². The molecule has 0 unspecified atom stereocenters. The largest absolute Gasteiger partial charge is 0.491 e. The molecule has 0 bridgehead atoms. The molecule has 0 spiro atoms. The summed E-state index contributed by atoms with van der Waals surface area (Å²) in [5, 5.41) is 0. The molecule has 2 aliphatic heterocycles. The summed E-state index contributed by atoms with van der Waals surface area (Å²) < 4.78 is 17.0. The van der Waals surface area contributed by atoms with Crippen LogP contribution in [0, 0.1) is 0 Å². The summed E-state index contributed by atoms with van der Waals surface area (Å²) in [6.45, 7) is 10.4. The number of anilines is 1. The van der Waals surface area contributed by atoms with Gasteiger partial charge in [-0.3, -0.25) is 0 Å². The van der Waals surface area contributed by atoms with Crippen LogP contribution in [-0.2, 0) is 15.9 Å². The average Bonchev–Trinajstić information content (AvgIpc) is 3.28. The van der Waals surface area contributed by atoms with E-state index in [0.29, 0.717) is 6.61 Å². The summed E-state index contributed by atoms with van der Waals surface area (Å²) in [6, 6.07) is 17.2. The Morgan fingerprint density at radius 1 is 0.970 bits per heavy atom. The standard InChI is InChI=1S/C27H36N2O4/c1-27(2,3)33-26(30)29-14-4-5-24(29)20-32-25-12-8-22(9-13-25)19-21-6-10-23(11-7-21)28-15-17-31-18-16-28/h6-13,24H,4-5,14-20H2,1-3H3/t24-/m0/s1. The quantitative estimate of drug-likeness (QED) is 0.625. The van der Waals surface area contributed by atoms with Crippen LogP contribution in [-0.4, -0.2) is 62.1 Å². The molecule has 2 aromatic rings. The van der Waals surface area contributed by atoms with Gasteiger partial charge in [-0.1, -0.05) is 24.3 Å². The van der Waals surface area contributed by atoms with Crippen LogP contribution in [0.15, 0.2) is 48.5 Å². The molecule has 2 aromatic carbocycles. The number of likely N-dealkylation sites (tertiary alicyclic amines) is 1. The lowest BCUT2D eigenvalue weighted by molar-refractivity contribution is 0.0187. The van der Waals surface area contributed by atoms with E-state index in [1.807, 2.05) is 32.9 Å². The van der Waals surface area contributed by atoms with Crippen LogP contribution in [0.1, 0.15) is 44.7 Å². The van der Waals surface area contributed by atoms with Gasteiger partial charge in [-0.25, -0.2) is 4.79 Å². The summed E-state index contributed by atoms with van der Waals surface area (Å²) in [6.07, 6.45) is 2.57. The Morgan fingerprint density at radius 2 is 1.61 bits per heavy atom. The highest BCUT2D eigenvalue weighted by Crippen LogP contribution is 2.23. The van der Waals surface area contributed by atoms with Crippen LogP contribution in [0.5, 0.6) is 5.75 Å². The van der Waals surface area contributed by atoms with Gasteiger partial charge >= 0.3 is 6.09 Å². The highest BCUT2D eigenvalue weighted by atomic mass is 16.6. The number of rotatable bonds is 6. The number of benzene rings is 2. The molecule has 0 N–H and O–H groups in total. The summed E-state index contributed by atoms with van der Waals surface area (Å²) in [5.74, 6) is 0.831. The molecule has 0 radical (unpaired) electrons. The fraction of sp³-hybridized carbons (Fsp3) is 0.519. The number of carbonyl (C=O) groups excluding carboxylic acids is 1. The zero-order chi connectivity index (χ0) is 23.3. The molecule has 33 heavy (non-hydrogen) atoms. The molecule has 0 aromatic heterocycles. The van der Waals surface area contributed by atoms with Gasteiger partial charge in [0.05, 0.1) is 19.3 Å². The van der Waals surface area contributed by atoms with E-state index >= 15 is 0 Å². The molecule has 2 fully saturated rings. The van der Waals surface area contributed by atoms with Crippen LogP contribution in [0.3, 0.4) is 0 Å². The fourth-order valence-corrected chi connectivity index (χ4v) is 4.35. The lowest BCUT2D eigenvalue weighted by Gasteiger charge is -2.29. The molecule has 4 rings (SSSR count). The second-order valence-electron chi connectivity index (χ2n) is 9.87. The van der Waals surface area contributed by atoms with Crippen molar-refractivity contribution in [2.24, 2.45) is 0 Å². The highest BCUT2D eigenvalue weighted by Gasteiger charge is 2.32. The molecule has 2 saturated heterocycles. The van der Waals surface area contributed by atoms with Crippen molar-refractivity contribution in [3.8, 4) is 5.75 Å². The fourth-order valence-electron chi connectivity index (χ4n) is 4.35. The van der Waals surface area contributed by atoms with E-state index in [1.54, 1.807) is 4.90 Å². The lowest BCUT2D eigenvalue weighted by Crippen LogP contribution is -2.42. The first-order chi connectivity index (χ1) is 15.9. The van der Waals surface area contributed by atoms with E-state index in [2.05, 4.69) is 41.3 Å². The van der Waals surface area contributed by atoms with Gasteiger partial charge in [0.15, 0.2) is 0 Å². The van der Waals surface area contributed by atoms with E-state index in [4.69, 9.17) is 14.2 Å². The second-order valence-corrected chi connectivity index (χ2v) is 9.87. The number of hydrogen-bond acceptors (Lipinski definition) is 5. The maximum atomic E-state index is 12.5. The third kappa shape index (κ3) is 6.64. The Balaban J connectivity index is 1.27. The first kappa shape index (κ1) is 23.4. The Morgan fingerprint density at radius 3 is 2.24 bits per heavy atom. The molecular weight excluding hydrogens is 416 g/mol. The number of hydrogen-bond donors (Lipinski definition) is 0. The van der Waals surface area contributed by atoms with Gasteiger partial charge in [0.2, 0.25) is 0 Å². The number of amides is 1. The van der Waals surface area contributed by atoms with Crippen molar-refractivity contribution in [2.45, 2.75) is 51.7 Å².